The second-order valence-corrected chi connectivity index (χ2v) is 7.63. The van der Waals surface area contributed by atoms with E-state index in [1.165, 1.54) is 10.1 Å². The van der Waals surface area contributed by atoms with Gasteiger partial charge in [0.25, 0.3) is 11.5 Å². The largest absolute Gasteiger partial charge is 0.358 e. The van der Waals surface area contributed by atoms with Crippen molar-refractivity contribution in [3.05, 3.63) is 69.6 Å². The lowest BCUT2D eigenvalue weighted by atomic mass is 10.1. The fourth-order valence-electron chi connectivity index (χ4n) is 3.29. The smallest absolute Gasteiger partial charge is 0.255 e. The molecule has 0 bridgehead atoms. The number of nitrogens with zero attached hydrogens (tertiary/aromatic N) is 3. The van der Waals surface area contributed by atoms with Gasteiger partial charge in [-0.2, -0.15) is 0 Å². The molecule has 0 aliphatic heterocycles. The molecule has 1 unspecified atom stereocenters. The van der Waals surface area contributed by atoms with Crippen molar-refractivity contribution in [3.8, 4) is 0 Å². The van der Waals surface area contributed by atoms with Crippen LogP contribution in [0.15, 0.2) is 47.4 Å². The molecule has 2 amide bonds. The van der Waals surface area contributed by atoms with E-state index in [0.29, 0.717) is 24.1 Å². The predicted molar refractivity (Wildman–Crippen MR) is 118 cm³/mol. The molecule has 1 aromatic carbocycles. The van der Waals surface area contributed by atoms with Crippen LogP contribution in [0.3, 0.4) is 0 Å². The maximum Gasteiger partial charge on any atom is 0.255 e. The Kier molecular flexibility index (Phi) is 8.35. The van der Waals surface area contributed by atoms with Gasteiger partial charge in [-0.15, -0.1) is 0 Å². The molecule has 0 radical (unpaired) electrons. The number of carbonyl (C=O) groups excluding carboxylic acids is 2. The van der Waals surface area contributed by atoms with Crippen molar-refractivity contribution in [2.45, 2.75) is 32.9 Å². The lowest BCUT2D eigenvalue weighted by molar-refractivity contribution is -0.121. The van der Waals surface area contributed by atoms with E-state index in [1.54, 1.807) is 31.3 Å². The van der Waals surface area contributed by atoms with Crippen molar-refractivity contribution in [2.75, 3.05) is 27.2 Å². The highest BCUT2D eigenvalue weighted by molar-refractivity contribution is 5.96. The van der Waals surface area contributed by atoms with Gasteiger partial charge in [0.2, 0.25) is 5.91 Å². The standard InChI is InChI=1S/C23H32N4O3/c1-6-19-12-20(15-26(5)22(19)29)23(30)27(16-21(28)24-3)13-17(2)25(4)14-18-10-8-7-9-11-18/h7-12,15,17H,6,13-14,16H2,1-5H3,(H,24,28). The third kappa shape index (κ3) is 6.03. The minimum absolute atomic E-state index is 0.0250. The molecule has 0 aliphatic carbocycles. The molecule has 0 spiro atoms. The Labute approximate surface area is 178 Å². The van der Waals surface area contributed by atoms with Crippen LogP contribution in [0.1, 0.15) is 35.3 Å². The fraction of sp³-hybridized carbons (Fsp3) is 0.435. The first-order valence-electron chi connectivity index (χ1n) is 10.2. The number of pyridine rings is 1. The molecular formula is C23H32N4O3. The zero-order chi connectivity index (χ0) is 22.3. The summed E-state index contributed by atoms with van der Waals surface area (Å²) >= 11 is 0. The molecular weight excluding hydrogens is 380 g/mol. The van der Waals surface area contributed by atoms with E-state index in [-0.39, 0.29) is 30.0 Å². The van der Waals surface area contributed by atoms with Crippen molar-refractivity contribution >= 4 is 11.8 Å². The number of hydrogen-bond donors (Lipinski definition) is 1. The second kappa shape index (κ2) is 10.7. The van der Waals surface area contributed by atoms with Gasteiger partial charge in [-0.25, -0.2) is 0 Å². The predicted octanol–water partition coefficient (Wildman–Crippen LogP) is 1.66. The van der Waals surface area contributed by atoms with Crippen LogP contribution in [0, 0.1) is 0 Å². The highest BCUT2D eigenvalue weighted by Gasteiger charge is 2.23. The van der Waals surface area contributed by atoms with E-state index < -0.39 is 0 Å². The van der Waals surface area contributed by atoms with Gasteiger partial charge in [0, 0.05) is 45.0 Å². The lowest BCUT2D eigenvalue weighted by Crippen LogP contribution is -2.46. The molecule has 1 N–H and O–H groups in total. The highest BCUT2D eigenvalue weighted by Crippen LogP contribution is 2.11. The number of hydrogen-bond acceptors (Lipinski definition) is 4. The van der Waals surface area contributed by atoms with Crippen LogP contribution < -0.4 is 10.9 Å². The van der Waals surface area contributed by atoms with E-state index in [0.717, 1.165) is 6.54 Å². The van der Waals surface area contributed by atoms with Gasteiger partial charge in [-0.3, -0.25) is 19.3 Å². The molecule has 1 aromatic heterocycles. The Morgan fingerprint density at radius 1 is 1.20 bits per heavy atom. The first-order valence-corrected chi connectivity index (χ1v) is 10.2. The summed E-state index contributed by atoms with van der Waals surface area (Å²) in [6, 6.07) is 11.8. The minimum atomic E-state index is -0.260. The van der Waals surface area contributed by atoms with Crippen molar-refractivity contribution in [1.82, 2.24) is 19.7 Å². The Hall–Kier alpha value is -2.93. The molecule has 0 fully saturated rings. The van der Waals surface area contributed by atoms with Crippen LogP contribution in [0.2, 0.25) is 0 Å². The van der Waals surface area contributed by atoms with Gasteiger partial charge in [-0.1, -0.05) is 37.3 Å². The topological polar surface area (TPSA) is 74.7 Å². The van der Waals surface area contributed by atoms with Gasteiger partial charge in [0.1, 0.15) is 0 Å². The fourth-order valence-corrected chi connectivity index (χ4v) is 3.29. The number of amides is 2. The van der Waals surface area contributed by atoms with Crippen LogP contribution in [0.4, 0.5) is 0 Å². The summed E-state index contributed by atoms with van der Waals surface area (Å²) in [5.74, 6) is -0.495. The quantitative estimate of drug-likeness (QED) is 0.680. The summed E-state index contributed by atoms with van der Waals surface area (Å²) in [6.07, 6.45) is 2.08. The number of likely N-dealkylation sites (N-methyl/N-ethyl adjacent to an activating group) is 2. The summed E-state index contributed by atoms with van der Waals surface area (Å²) < 4.78 is 1.43. The number of aryl methyl sites for hydroxylation is 2. The van der Waals surface area contributed by atoms with Gasteiger partial charge in [-0.05, 0) is 32.0 Å². The van der Waals surface area contributed by atoms with Crippen molar-refractivity contribution in [1.29, 1.82) is 0 Å². The minimum Gasteiger partial charge on any atom is -0.358 e. The van der Waals surface area contributed by atoms with E-state index in [2.05, 4.69) is 22.3 Å². The van der Waals surface area contributed by atoms with E-state index in [1.807, 2.05) is 39.1 Å². The summed E-state index contributed by atoms with van der Waals surface area (Å²) in [4.78, 5) is 41.2. The number of nitrogens with one attached hydrogen (secondary N) is 1. The molecule has 30 heavy (non-hydrogen) atoms. The molecule has 7 nitrogen and oxygen atoms in total. The maximum absolute atomic E-state index is 13.3. The number of aromatic nitrogens is 1. The summed E-state index contributed by atoms with van der Waals surface area (Å²) in [7, 11) is 5.19. The molecule has 1 atom stereocenters. The Morgan fingerprint density at radius 2 is 1.87 bits per heavy atom. The van der Waals surface area contributed by atoms with Crippen molar-refractivity contribution < 1.29 is 9.59 Å². The Morgan fingerprint density at radius 3 is 2.47 bits per heavy atom. The zero-order valence-electron chi connectivity index (χ0n) is 18.5. The number of benzene rings is 1. The average Bonchev–Trinajstić information content (AvgIpc) is 2.74. The van der Waals surface area contributed by atoms with Gasteiger partial charge in [0.05, 0.1) is 12.1 Å². The van der Waals surface area contributed by atoms with Crippen molar-refractivity contribution in [3.63, 3.8) is 0 Å². The zero-order valence-corrected chi connectivity index (χ0v) is 18.5. The van der Waals surface area contributed by atoms with Crippen LogP contribution in [0.25, 0.3) is 0 Å². The maximum atomic E-state index is 13.3. The van der Waals surface area contributed by atoms with E-state index in [9.17, 15) is 14.4 Å². The Bertz CT molecular complexity index is 924. The molecule has 2 aromatic rings. The molecule has 7 heteroatoms. The second-order valence-electron chi connectivity index (χ2n) is 7.63. The summed E-state index contributed by atoms with van der Waals surface area (Å²) in [5.41, 5.74) is 2.07. The molecule has 2 rings (SSSR count). The molecule has 1 heterocycles. The third-order valence-electron chi connectivity index (χ3n) is 5.30. The number of carbonyl (C=O) groups is 2. The molecule has 0 aliphatic rings. The normalized spacial score (nSPS) is 11.9. The number of rotatable bonds is 9. The Balaban J connectivity index is 2.22. The average molecular weight is 413 g/mol. The van der Waals surface area contributed by atoms with Gasteiger partial charge >= 0.3 is 0 Å². The highest BCUT2D eigenvalue weighted by atomic mass is 16.2. The van der Waals surface area contributed by atoms with Gasteiger partial charge < -0.3 is 14.8 Å². The summed E-state index contributed by atoms with van der Waals surface area (Å²) in [6.45, 7) is 5.01. The molecule has 162 valence electrons. The monoisotopic (exact) mass is 412 g/mol. The van der Waals surface area contributed by atoms with Crippen LogP contribution in [-0.2, 0) is 24.8 Å². The van der Waals surface area contributed by atoms with Crippen LogP contribution in [0.5, 0.6) is 0 Å². The van der Waals surface area contributed by atoms with Crippen LogP contribution in [-0.4, -0.2) is 59.4 Å². The van der Waals surface area contributed by atoms with E-state index in [4.69, 9.17) is 0 Å². The molecule has 0 saturated heterocycles. The van der Waals surface area contributed by atoms with E-state index >= 15 is 0 Å². The van der Waals surface area contributed by atoms with Crippen molar-refractivity contribution in [2.24, 2.45) is 7.05 Å². The molecule has 0 saturated carbocycles. The van der Waals surface area contributed by atoms with Crippen LogP contribution >= 0.6 is 0 Å². The van der Waals surface area contributed by atoms with Gasteiger partial charge in [0.15, 0.2) is 0 Å². The first kappa shape index (κ1) is 23.3. The third-order valence-corrected chi connectivity index (χ3v) is 5.30. The SMILES string of the molecule is CCc1cc(C(=O)N(CC(=O)NC)CC(C)N(C)Cc2ccccc2)cn(C)c1=O. The summed E-state index contributed by atoms with van der Waals surface area (Å²) in [5, 5.41) is 2.59. The lowest BCUT2D eigenvalue weighted by Gasteiger charge is -2.31. The first-order chi connectivity index (χ1) is 14.3.